The Hall–Kier alpha value is -2.76. The van der Waals surface area contributed by atoms with Crippen molar-refractivity contribution in [2.24, 2.45) is 7.05 Å². The van der Waals surface area contributed by atoms with Gasteiger partial charge >= 0.3 is 0 Å². The molecule has 0 spiro atoms. The van der Waals surface area contributed by atoms with Crippen molar-refractivity contribution >= 4 is 33.4 Å². The average molecular weight is 487 g/mol. The highest BCUT2D eigenvalue weighted by molar-refractivity contribution is 7.99. The van der Waals surface area contributed by atoms with Crippen LogP contribution < -0.4 is 5.32 Å². The van der Waals surface area contributed by atoms with Gasteiger partial charge in [-0.15, -0.1) is 10.2 Å². The summed E-state index contributed by atoms with van der Waals surface area (Å²) in [4.78, 5) is 16.8. The molecule has 1 amide bonds. The van der Waals surface area contributed by atoms with Gasteiger partial charge in [0.15, 0.2) is 11.0 Å². The predicted octanol–water partition coefficient (Wildman–Crippen LogP) is 3.09. The molecule has 0 radical (unpaired) electrons. The zero-order valence-corrected chi connectivity index (χ0v) is 20.2. The van der Waals surface area contributed by atoms with Crippen LogP contribution in [0.2, 0.25) is 0 Å². The summed E-state index contributed by atoms with van der Waals surface area (Å²) in [7, 11) is -1.74. The van der Waals surface area contributed by atoms with Crippen LogP contribution in [0.5, 0.6) is 0 Å². The number of carbonyl (C=O) groups excluding carboxylic acids is 1. The largest absolute Gasteiger partial charge is 0.325 e. The molecule has 3 aromatic rings. The lowest BCUT2D eigenvalue weighted by Crippen LogP contribution is -2.36. The van der Waals surface area contributed by atoms with E-state index in [4.69, 9.17) is 0 Å². The molecular formula is C22H26N6O3S2. The van der Waals surface area contributed by atoms with Gasteiger partial charge in [-0.3, -0.25) is 9.78 Å². The van der Waals surface area contributed by atoms with Gasteiger partial charge in [-0.2, -0.15) is 4.31 Å². The topological polar surface area (TPSA) is 110 Å². The molecule has 1 fully saturated rings. The Labute approximate surface area is 197 Å². The summed E-state index contributed by atoms with van der Waals surface area (Å²) >= 11 is 1.26. The highest BCUT2D eigenvalue weighted by Gasteiger charge is 2.27. The number of aryl methyl sites for hydroxylation is 1. The van der Waals surface area contributed by atoms with E-state index in [1.807, 2.05) is 23.7 Å². The molecule has 3 heterocycles. The number of hydrogen-bond donors (Lipinski definition) is 1. The number of rotatable bonds is 7. The lowest BCUT2D eigenvalue weighted by molar-refractivity contribution is -0.113. The SMILES string of the molecule is Cc1ccc(NC(=O)CSc2nnc(-c3ccncc3)n2C)cc1S(=O)(=O)N1CCCCC1. The lowest BCUT2D eigenvalue weighted by Gasteiger charge is -2.26. The first-order chi connectivity index (χ1) is 15.9. The van der Waals surface area contributed by atoms with Crippen molar-refractivity contribution in [1.29, 1.82) is 0 Å². The van der Waals surface area contributed by atoms with Gasteiger partial charge in [0, 0.05) is 43.8 Å². The zero-order valence-electron chi connectivity index (χ0n) is 18.6. The molecule has 1 saturated heterocycles. The molecule has 1 aliphatic heterocycles. The van der Waals surface area contributed by atoms with Gasteiger partial charge in [0.2, 0.25) is 15.9 Å². The fourth-order valence-corrected chi connectivity index (χ4v) is 6.20. The first kappa shape index (κ1) is 23.4. The van der Waals surface area contributed by atoms with Gasteiger partial charge in [-0.25, -0.2) is 8.42 Å². The molecule has 0 aliphatic carbocycles. The van der Waals surface area contributed by atoms with Gasteiger partial charge in [-0.05, 0) is 49.6 Å². The van der Waals surface area contributed by atoms with Crippen LogP contribution in [0.4, 0.5) is 5.69 Å². The maximum Gasteiger partial charge on any atom is 0.243 e. The number of amides is 1. The molecule has 4 rings (SSSR count). The second-order valence-corrected chi connectivity index (χ2v) is 10.7. The molecule has 1 aromatic carbocycles. The van der Waals surface area contributed by atoms with E-state index < -0.39 is 10.0 Å². The van der Waals surface area contributed by atoms with Crippen LogP contribution in [0.15, 0.2) is 52.8 Å². The van der Waals surface area contributed by atoms with Crippen molar-refractivity contribution in [2.75, 3.05) is 24.2 Å². The van der Waals surface area contributed by atoms with Gasteiger partial charge in [0.05, 0.1) is 10.6 Å². The second-order valence-electron chi connectivity index (χ2n) is 7.88. The number of carbonyl (C=O) groups is 1. The molecule has 33 heavy (non-hydrogen) atoms. The van der Waals surface area contributed by atoms with Crippen molar-refractivity contribution in [3.63, 3.8) is 0 Å². The number of anilines is 1. The van der Waals surface area contributed by atoms with Crippen LogP contribution in [0.1, 0.15) is 24.8 Å². The number of nitrogens with one attached hydrogen (secondary N) is 1. The van der Waals surface area contributed by atoms with Crippen LogP contribution in [0, 0.1) is 6.92 Å². The predicted molar refractivity (Wildman–Crippen MR) is 127 cm³/mol. The minimum atomic E-state index is -3.58. The molecule has 0 atom stereocenters. The van der Waals surface area contributed by atoms with E-state index in [0.29, 0.717) is 35.3 Å². The van der Waals surface area contributed by atoms with Gasteiger partial charge in [0.1, 0.15) is 0 Å². The lowest BCUT2D eigenvalue weighted by atomic mass is 10.2. The summed E-state index contributed by atoms with van der Waals surface area (Å²) in [6.07, 6.45) is 6.17. The monoisotopic (exact) mass is 486 g/mol. The van der Waals surface area contributed by atoms with E-state index in [9.17, 15) is 13.2 Å². The first-order valence-corrected chi connectivity index (χ1v) is 13.1. The van der Waals surface area contributed by atoms with E-state index in [-0.39, 0.29) is 16.6 Å². The number of hydrogen-bond acceptors (Lipinski definition) is 7. The van der Waals surface area contributed by atoms with E-state index in [1.54, 1.807) is 37.5 Å². The number of sulfonamides is 1. The van der Waals surface area contributed by atoms with Gasteiger partial charge < -0.3 is 9.88 Å². The Morgan fingerprint density at radius 2 is 1.82 bits per heavy atom. The fourth-order valence-electron chi connectivity index (χ4n) is 3.72. The Kier molecular flexibility index (Phi) is 7.11. The average Bonchev–Trinajstić information content (AvgIpc) is 3.20. The summed E-state index contributed by atoms with van der Waals surface area (Å²) in [6.45, 7) is 2.84. The molecule has 0 saturated carbocycles. The molecule has 0 unspecified atom stereocenters. The highest BCUT2D eigenvalue weighted by Crippen LogP contribution is 2.27. The number of benzene rings is 1. The summed E-state index contributed by atoms with van der Waals surface area (Å²) in [5.74, 6) is 0.551. The summed E-state index contributed by atoms with van der Waals surface area (Å²) in [5, 5.41) is 11.8. The molecule has 11 heteroatoms. The summed E-state index contributed by atoms with van der Waals surface area (Å²) in [5.41, 5.74) is 2.01. The highest BCUT2D eigenvalue weighted by atomic mass is 32.2. The molecular weight excluding hydrogens is 460 g/mol. The molecule has 174 valence electrons. The second kappa shape index (κ2) is 10.0. The normalized spacial score (nSPS) is 14.8. The quantitative estimate of drug-likeness (QED) is 0.511. The number of thioether (sulfide) groups is 1. The van der Waals surface area contributed by atoms with E-state index >= 15 is 0 Å². The van der Waals surface area contributed by atoms with Crippen LogP contribution in [-0.4, -0.2) is 57.2 Å². The zero-order chi connectivity index (χ0) is 23.4. The Morgan fingerprint density at radius 3 is 2.55 bits per heavy atom. The molecule has 0 bridgehead atoms. The third-order valence-corrected chi connectivity index (χ3v) is 8.57. The minimum Gasteiger partial charge on any atom is -0.325 e. The third kappa shape index (κ3) is 5.26. The number of pyridine rings is 1. The Balaban J connectivity index is 1.42. The van der Waals surface area contributed by atoms with Crippen LogP contribution in [-0.2, 0) is 21.9 Å². The van der Waals surface area contributed by atoms with Crippen LogP contribution >= 0.6 is 11.8 Å². The van der Waals surface area contributed by atoms with Crippen LogP contribution in [0.25, 0.3) is 11.4 Å². The van der Waals surface area contributed by atoms with Crippen molar-refractivity contribution in [3.05, 3.63) is 48.3 Å². The van der Waals surface area contributed by atoms with Gasteiger partial charge in [0.25, 0.3) is 0 Å². The van der Waals surface area contributed by atoms with Gasteiger partial charge in [-0.1, -0.05) is 24.2 Å². The Bertz CT molecular complexity index is 1240. The maximum atomic E-state index is 13.1. The van der Waals surface area contributed by atoms with E-state index in [0.717, 1.165) is 24.8 Å². The number of piperidine rings is 1. The van der Waals surface area contributed by atoms with Crippen molar-refractivity contribution in [2.45, 2.75) is 36.2 Å². The van der Waals surface area contributed by atoms with Crippen molar-refractivity contribution in [1.82, 2.24) is 24.1 Å². The maximum absolute atomic E-state index is 13.1. The molecule has 1 aliphatic rings. The standard InChI is InChI=1S/C22H26N6O3S2/c1-16-6-7-18(14-19(16)33(30,31)28-12-4-3-5-13-28)24-20(29)15-32-22-26-25-21(27(22)2)17-8-10-23-11-9-17/h6-11,14H,3-5,12-13,15H2,1-2H3,(H,24,29). The van der Waals surface area contributed by atoms with Crippen molar-refractivity contribution < 1.29 is 13.2 Å². The van der Waals surface area contributed by atoms with E-state index in [2.05, 4.69) is 20.5 Å². The Morgan fingerprint density at radius 1 is 1.09 bits per heavy atom. The fraction of sp³-hybridized carbons (Fsp3) is 0.364. The summed E-state index contributed by atoms with van der Waals surface area (Å²) in [6, 6.07) is 8.68. The molecule has 9 nitrogen and oxygen atoms in total. The molecule has 2 aromatic heterocycles. The third-order valence-electron chi connectivity index (χ3n) is 5.51. The summed E-state index contributed by atoms with van der Waals surface area (Å²) < 4.78 is 29.6. The first-order valence-electron chi connectivity index (χ1n) is 10.7. The number of aromatic nitrogens is 4. The minimum absolute atomic E-state index is 0.115. The smallest absolute Gasteiger partial charge is 0.243 e. The van der Waals surface area contributed by atoms with E-state index in [1.165, 1.54) is 16.1 Å². The number of nitrogens with zero attached hydrogens (tertiary/aromatic N) is 5. The molecule has 1 N–H and O–H groups in total. The van der Waals surface area contributed by atoms with Crippen molar-refractivity contribution in [3.8, 4) is 11.4 Å². The van der Waals surface area contributed by atoms with Crippen LogP contribution in [0.3, 0.4) is 0 Å².